The van der Waals surface area contributed by atoms with Crippen molar-refractivity contribution in [3.05, 3.63) is 53.9 Å². The van der Waals surface area contributed by atoms with Crippen LogP contribution in [0.15, 0.2) is 47.0 Å². The van der Waals surface area contributed by atoms with Gasteiger partial charge in [-0.3, -0.25) is 9.10 Å². The summed E-state index contributed by atoms with van der Waals surface area (Å²) in [4.78, 5) is 16.7. The number of aryl methyl sites for hydroxylation is 1. The van der Waals surface area contributed by atoms with Crippen LogP contribution >= 0.6 is 0 Å². The second kappa shape index (κ2) is 8.26. The lowest BCUT2D eigenvalue weighted by Crippen LogP contribution is -2.40. The zero-order valence-corrected chi connectivity index (χ0v) is 17.7. The van der Waals surface area contributed by atoms with Crippen LogP contribution in [0.5, 0.6) is 11.5 Å². The van der Waals surface area contributed by atoms with Crippen LogP contribution in [-0.2, 0) is 21.4 Å². The smallest absolute Gasteiger partial charge is 0.246 e. The Morgan fingerprint density at radius 3 is 2.74 bits per heavy atom. The lowest BCUT2D eigenvalue weighted by atomic mass is 10.1. The highest BCUT2D eigenvalue weighted by Crippen LogP contribution is 2.36. The van der Waals surface area contributed by atoms with Gasteiger partial charge in [-0.05, 0) is 25.1 Å². The fraction of sp³-hybridized carbons (Fsp3) is 0.250. The van der Waals surface area contributed by atoms with E-state index in [4.69, 9.17) is 14.0 Å². The van der Waals surface area contributed by atoms with Crippen LogP contribution in [0.1, 0.15) is 11.5 Å². The molecule has 0 saturated carbocycles. The summed E-state index contributed by atoms with van der Waals surface area (Å²) in [5.41, 5.74) is 2.15. The van der Waals surface area contributed by atoms with Gasteiger partial charge in [0.25, 0.3) is 0 Å². The minimum Gasteiger partial charge on any atom is -0.454 e. The van der Waals surface area contributed by atoms with Gasteiger partial charge in [-0.15, -0.1) is 0 Å². The Hall–Kier alpha value is -3.60. The van der Waals surface area contributed by atoms with Crippen LogP contribution in [0.2, 0.25) is 0 Å². The molecule has 0 saturated heterocycles. The van der Waals surface area contributed by atoms with Crippen molar-refractivity contribution in [2.45, 2.75) is 13.5 Å². The average molecular weight is 444 g/mol. The molecule has 11 heteroatoms. The quantitative estimate of drug-likeness (QED) is 0.586. The molecule has 1 aromatic heterocycles. The number of sulfonamides is 1. The minimum absolute atomic E-state index is 0.0314. The van der Waals surface area contributed by atoms with Crippen LogP contribution in [0, 0.1) is 6.92 Å². The topological polar surface area (TPSA) is 124 Å². The Morgan fingerprint density at radius 1 is 1.16 bits per heavy atom. The molecule has 0 atom stereocenters. The third kappa shape index (κ3) is 4.77. The van der Waals surface area contributed by atoms with Crippen LogP contribution in [0.4, 0.5) is 5.69 Å². The van der Waals surface area contributed by atoms with Gasteiger partial charge in [0, 0.05) is 11.6 Å². The Bertz CT molecular complexity index is 1220. The number of aromatic nitrogens is 2. The zero-order chi connectivity index (χ0) is 22.0. The van der Waals surface area contributed by atoms with Gasteiger partial charge in [-0.25, -0.2) is 8.42 Å². The standard InChI is InChI=1S/C20H20N4O6S/c1-13-4-3-5-14(8-13)20-22-19(30-23-20)10-21-18(25)11-24(31(2,26)27)15-6-7-16-17(9-15)29-12-28-16/h3-9H,10-12H2,1-2H3,(H,21,25). The molecule has 0 spiro atoms. The number of fused-ring (bicyclic) bond motifs is 1. The number of hydrogen-bond acceptors (Lipinski definition) is 8. The summed E-state index contributed by atoms with van der Waals surface area (Å²) in [6.07, 6.45) is 1.02. The highest BCUT2D eigenvalue weighted by molar-refractivity contribution is 7.92. The number of nitrogens with one attached hydrogen (secondary N) is 1. The fourth-order valence-corrected chi connectivity index (χ4v) is 3.88. The molecular weight excluding hydrogens is 424 g/mol. The number of nitrogens with zero attached hydrogens (tertiary/aromatic N) is 3. The number of benzene rings is 2. The van der Waals surface area contributed by atoms with Gasteiger partial charge < -0.3 is 19.3 Å². The molecule has 3 aromatic rings. The molecule has 0 bridgehead atoms. The van der Waals surface area contributed by atoms with Crippen LogP contribution < -0.4 is 19.1 Å². The molecule has 1 N–H and O–H groups in total. The van der Waals surface area contributed by atoms with Crippen LogP contribution in [-0.4, -0.2) is 44.1 Å². The first-order valence-corrected chi connectivity index (χ1v) is 11.2. The fourth-order valence-electron chi connectivity index (χ4n) is 3.03. The van der Waals surface area contributed by atoms with E-state index in [2.05, 4.69) is 15.5 Å². The van der Waals surface area contributed by atoms with E-state index in [0.29, 0.717) is 23.0 Å². The van der Waals surface area contributed by atoms with Crippen molar-refractivity contribution < 1.29 is 27.2 Å². The van der Waals surface area contributed by atoms with E-state index in [9.17, 15) is 13.2 Å². The number of anilines is 1. The van der Waals surface area contributed by atoms with E-state index in [-0.39, 0.29) is 19.2 Å². The molecule has 1 aliphatic heterocycles. The molecule has 0 unspecified atom stereocenters. The van der Waals surface area contributed by atoms with Crippen molar-refractivity contribution >= 4 is 21.6 Å². The first-order chi connectivity index (χ1) is 14.8. The molecule has 10 nitrogen and oxygen atoms in total. The predicted molar refractivity (Wildman–Crippen MR) is 111 cm³/mol. The van der Waals surface area contributed by atoms with Gasteiger partial charge >= 0.3 is 0 Å². The number of amides is 1. The van der Waals surface area contributed by atoms with E-state index in [1.54, 1.807) is 12.1 Å². The van der Waals surface area contributed by atoms with Crippen molar-refractivity contribution in [3.63, 3.8) is 0 Å². The van der Waals surface area contributed by atoms with Gasteiger partial charge in [-0.1, -0.05) is 28.9 Å². The van der Waals surface area contributed by atoms with E-state index in [1.807, 2.05) is 31.2 Å². The Morgan fingerprint density at radius 2 is 1.97 bits per heavy atom. The van der Waals surface area contributed by atoms with Crippen molar-refractivity contribution in [3.8, 4) is 22.9 Å². The molecule has 162 valence electrons. The maximum Gasteiger partial charge on any atom is 0.246 e. The first kappa shape index (κ1) is 20.7. The minimum atomic E-state index is -3.72. The van der Waals surface area contributed by atoms with Crippen LogP contribution in [0.25, 0.3) is 11.4 Å². The van der Waals surface area contributed by atoms with Crippen molar-refractivity contribution in [2.75, 3.05) is 23.9 Å². The zero-order valence-electron chi connectivity index (χ0n) is 16.9. The molecule has 0 fully saturated rings. The maximum absolute atomic E-state index is 12.4. The number of carbonyl (C=O) groups is 1. The number of rotatable bonds is 7. The number of carbonyl (C=O) groups excluding carboxylic acids is 1. The molecular formula is C20H20N4O6S. The summed E-state index contributed by atoms with van der Waals surface area (Å²) < 4.78 is 41.2. The van der Waals surface area contributed by atoms with E-state index < -0.39 is 22.5 Å². The molecule has 2 heterocycles. The lowest BCUT2D eigenvalue weighted by Gasteiger charge is -2.21. The third-order valence-corrected chi connectivity index (χ3v) is 5.65. The van der Waals surface area contributed by atoms with E-state index >= 15 is 0 Å². The lowest BCUT2D eigenvalue weighted by molar-refractivity contribution is -0.119. The van der Waals surface area contributed by atoms with Crippen molar-refractivity contribution in [1.82, 2.24) is 15.5 Å². The molecule has 4 rings (SSSR count). The van der Waals surface area contributed by atoms with Gasteiger partial charge in [0.15, 0.2) is 11.5 Å². The SMILES string of the molecule is Cc1cccc(-c2noc(CNC(=O)CN(c3ccc4c(c3)OCO4)S(C)(=O)=O)n2)c1. The van der Waals surface area contributed by atoms with Crippen molar-refractivity contribution in [2.24, 2.45) is 0 Å². The summed E-state index contributed by atoms with van der Waals surface area (Å²) in [6.45, 7) is 1.57. The Labute approximate surface area is 178 Å². The Balaban J connectivity index is 1.42. The predicted octanol–water partition coefficient (Wildman–Crippen LogP) is 1.86. The summed E-state index contributed by atoms with van der Waals surface area (Å²) in [6, 6.07) is 12.3. The van der Waals surface area contributed by atoms with E-state index in [0.717, 1.165) is 21.7 Å². The van der Waals surface area contributed by atoms with Crippen molar-refractivity contribution in [1.29, 1.82) is 0 Å². The Kier molecular flexibility index (Phi) is 5.51. The first-order valence-electron chi connectivity index (χ1n) is 9.33. The van der Waals surface area contributed by atoms with Gasteiger partial charge in [-0.2, -0.15) is 4.98 Å². The molecule has 2 aromatic carbocycles. The van der Waals surface area contributed by atoms with Crippen LogP contribution in [0.3, 0.4) is 0 Å². The normalized spacial score (nSPS) is 12.6. The third-order valence-electron chi connectivity index (χ3n) is 4.51. The van der Waals surface area contributed by atoms with Gasteiger partial charge in [0.1, 0.15) is 6.54 Å². The molecule has 0 radical (unpaired) electrons. The molecule has 0 aliphatic carbocycles. The largest absolute Gasteiger partial charge is 0.454 e. The van der Waals surface area contributed by atoms with E-state index in [1.165, 1.54) is 6.07 Å². The maximum atomic E-state index is 12.4. The highest BCUT2D eigenvalue weighted by Gasteiger charge is 2.24. The summed E-state index contributed by atoms with van der Waals surface area (Å²) in [7, 11) is -3.72. The van der Waals surface area contributed by atoms with Gasteiger partial charge in [0.05, 0.1) is 18.5 Å². The molecule has 1 amide bonds. The second-order valence-corrected chi connectivity index (χ2v) is 8.87. The summed E-state index contributed by atoms with van der Waals surface area (Å²) in [5, 5.41) is 6.52. The molecule has 31 heavy (non-hydrogen) atoms. The summed E-state index contributed by atoms with van der Waals surface area (Å²) >= 11 is 0. The van der Waals surface area contributed by atoms with Gasteiger partial charge in [0.2, 0.25) is 34.4 Å². The second-order valence-electron chi connectivity index (χ2n) is 6.97. The molecule has 1 aliphatic rings. The highest BCUT2D eigenvalue weighted by atomic mass is 32.2. The average Bonchev–Trinajstić information content (AvgIpc) is 3.38. The number of hydrogen-bond donors (Lipinski definition) is 1. The summed E-state index contributed by atoms with van der Waals surface area (Å²) in [5.74, 6) is 1.02. The number of ether oxygens (including phenoxy) is 2. The monoisotopic (exact) mass is 444 g/mol.